The number of anilines is 4. The molecule has 4 aliphatic rings. The lowest BCUT2D eigenvalue weighted by atomic mass is 9.99. The van der Waals surface area contributed by atoms with Crippen molar-refractivity contribution in [2.24, 2.45) is 0 Å². The van der Waals surface area contributed by atoms with E-state index < -0.39 is 24.1 Å². The molecule has 14 heteroatoms. The van der Waals surface area contributed by atoms with E-state index in [1.807, 2.05) is 82.6 Å². The lowest BCUT2D eigenvalue weighted by molar-refractivity contribution is -0.176. The van der Waals surface area contributed by atoms with Crippen LogP contribution in [0.15, 0.2) is 146 Å². The maximum Gasteiger partial charge on any atom is 0.417 e. The van der Waals surface area contributed by atoms with Crippen LogP contribution >= 0.6 is 0 Å². The van der Waals surface area contributed by atoms with Gasteiger partial charge in [-0.2, -0.15) is 0 Å². The highest BCUT2D eigenvalue weighted by Gasteiger charge is 2.33. The Morgan fingerprint density at radius 3 is 1.23 bits per heavy atom. The van der Waals surface area contributed by atoms with Crippen LogP contribution in [0, 0.1) is 13.8 Å². The van der Waals surface area contributed by atoms with Crippen LogP contribution in [0.25, 0.3) is 0 Å². The highest BCUT2D eigenvalue weighted by molar-refractivity contribution is 6.29. The number of rotatable bonds is 22. The van der Waals surface area contributed by atoms with E-state index in [1.165, 1.54) is 22.3 Å². The van der Waals surface area contributed by atoms with Crippen molar-refractivity contribution >= 4 is 46.5 Å². The highest BCUT2D eigenvalue weighted by atomic mass is 16.6. The molecule has 0 aromatic heterocycles. The first-order valence-corrected chi connectivity index (χ1v) is 28.8. The van der Waals surface area contributed by atoms with Crippen molar-refractivity contribution in [1.82, 2.24) is 9.80 Å². The van der Waals surface area contributed by atoms with E-state index >= 15 is 0 Å². The molecule has 6 aromatic rings. The summed E-state index contributed by atoms with van der Waals surface area (Å²) in [5.41, 5.74) is 10.7. The summed E-state index contributed by atoms with van der Waals surface area (Å²) in [6, 6.07) is 49.2. The van der Waals surface area contributed by atoms with Crippen molar-refractivity contribution in [2.45, 2.75) is 77.4 Å². The van der Waals surface area contributed by atoms with Gasteiger partial charge in [0.05, 0.1) is 11.4 Å². The fraction of sp³-hybridized carbons (Fsp3) is 0.394. The van der Waals surface area contributed by atoms with Gasteiger partial charge in [0.1, 0.15) is 36.9 Å². The number of aryl methyl sites for hydroxylation is 4. The number of piperazine rings is 2. The Bertz CT molecular complexity index is 2810. The van der Waals surface area contributed by atoms with Crippen LogP contribution in [0.1, 0.15) is 59.1 Å². The second-order valence-corrected chi connectivity index (χ2v) is 21.7. The number of benzene rings is 6. The van der Waals surface area contributed by atoms with E-state index in [4.69, 9.17) is 18.9 Å². The molecule has 2 saturated heterocycles. The van der Waals surface area contributed by atoms with Gasteiger partial charge in [-0.15, -0.1) is 0 Å². The fourth-order valence-electron chi connectivity index (χ4n) is 11.5. The number of carbonyl (C=O) groups is 4. The van der Waals surface area contributed by atoms with Gasteiger partial charge >= 0.3 is 11.9 Å². The summed E-state index contributed by atoms with van der Waals surface area (Å²) in [6.07, 6.45) is 3.46. The molecular weight excluding hydrogens is 1000 g/mol. The Labute approximate surface area is 471 Å². The van der Waals surface area contributed by atoms with Crippen molar-refractivity contribution in [3.63, 3.8) is 0 Å². The zero-order valence-electron chi connectivity index (χ0n) is 46.5. The molecule has 0 spiro atoms. The van der Waals surface area contributed by atoms with E-state index in [9.17, 15) is 19.2 Å². The molecule has 418 valence electrons. The number of nitrogens with zero attached hydrogens (tertiary/aromatic N) is 6. The summed E-state index contributed by atoms with van der Waals surface area (Å²) in [7, 11) is 0. The van der Waals surface area contributed by atoms with Crippen LogP contribution in [0.3, 0.4) is 0 Å². The van der Waals surface area contributed by atoms with Gasteiger partial charge in [-0.05, 0) is 112 Å². The molecule has 0 radical (unpaired) electrons. The van der Waals surface area contributed by atoms with Crippen LogP contribution in [-0.4, -0.2) is 138 Å². The molecule has 6 aromatic carbocycles. The molecule has 4 heterocycles. The van der Waals surface area contributed by atoms with E-state index in [0.29, 0.717) is 89.5 Å². The molecule has 0 aliphatic carbocycles. The second-order valence-electron chi connectivity index (χ2n) is 21.7. The van der Waals surface area contributed by atoms with Crippen molar-refractivity contribution in [3.8, 4) is 11.5 Å². The summed E-state index contributed by atoms with van der Waals surface area (Å²) in [5, 5.41) is 0. The molecule has 2 unspecified atom stereocenters. The second kappa shape index (κ2) is 27.0. The molecule has 80 heavy (non-hydrogen) atoms. The van der Waals surface area contributed by atoms with Crippen molar-refractivity contribution in [2.75, 3.05) is 111 Å². The van der Waals surface area contributed by atoms with Gasteiger partial charge < -0.3 is 38.5 Å². The number of esters is 2. The van der Waals surface area contributed by atoms with Gasteiger partial charge in [-0.3, -0.25) is 19.4 Å². The molecule has 0 bridgehead atoms. The van der Waals surface area contributed by atoms with Crippen LogP contribution in [0.4, 0.5) is 22.7 Å². The van der Waals surface area contributed by atoms with Crippen LogP contribution < -0.4 is 29.1 Å². The third kappa shape index (κ3) is 14.6. The highest BCUT2D eigenvalue weighted by Crippen LogP contribution is 2.37. The summed E-state index contributed by atoms with van der Waals surface area (Å²) in [6.45, 7) is 12.0. The maximum atomic E-state index is 14.2. The molecule has 4 aliphatic heterocycles. The Hall–Kier alpha value is -7.68. The smallest absolute Gasteiger partial charge is 0.417 e. The normalized spacial score (nSPS) is 16.6. The predicted molar refractivity (Wildman–Crippen MR) is 314 cm³/mol. The molecule has 2 atom stereocenters. The van der Waals surface area contributed by atoms with Gasteiger partial charge in [0, 0.05) is 114 Å². The Kier molecular flexibility index (Phi) is 18.8. The molecule has 0 N–H and O–H groups in total. The summed E-state index contributed by atoms with van der Waals surface area (Å²) in [5.74, 6) is -0.780. The van der Waals surface area contributed by atoms with Crippen molar-refractivity contribution in [1.29, 1.82) is 0 Å². The van der Waals surface area contributed by atoms with Crippen molar-refractivity contribution in [3.05, 3.63) is 179 Å². The summed E-state index contributed by atoms with van der Waals surface area (Å²) in [4.78, 5) is 68.2. The van der Waals surface area contributed by atoms with Crippen LogP contribution in [0.5, 0.6) is 11.5 Å². The average molecular weight is 1080 g/mol. The molecule has 0 saturated carbocycles. The molecule has 2 fully saturated rings. The first-order valence-electron chi connectivity index (χ1n) is 28.8. The van der Waals surface area contributed by atoms with Gasteiger partial charge in [0.15, 0.2) is 0 Å². The first kappa shape index (κ1) is 55.6. The Balaban J connectivity index is 0.832. The monoisotopic (exact) mass is 1080 g/mol. The van der Waals surface area contributed by atoms with E-state index in [1.54, 1.807) is 0 Å². The average Bonchev–Trinajstić information content (AvgIpc) is 3.53. The SMILES string of the molecule is Cc1ccc(N2CCN(CC(COc3cccc4c3CCC(=O)N4CCCc3ccccc3)OC(=O)C(=O)OC(COc3cccc4c3CCC(=O)N4CCCc3ccccc3)CN3CCN(c4ccc(C)cc4)CC3)CC2)cc1. The largest absolute Gasteiger partial charge is 0.489 e. The Morgan fingerprint density at radius 2 is 0.838 bits per heavy atom. The molecule has 2 amide bonds. The number of fused-ring (bicyclic) bond motifs is 2. The Morgan fingerprint density at radius 1 is 0.450 bits per heavy atom. The van der Waals surface area contributed by atoms with Crippen molar-refractivity contribution < 1.29 is 38.1 Å². The standard InChI is InChI=1S/C66H76N6O8/c1-49-23-27-53(28-24-49)69-41-37-67(38-42-69)45-55(47-77-61-21-9-19-59-57(61)31-33-63(73)71(59)35-11-17-51-13-5-3-6-14-51)79-65(75)66(76)80-56(46-68-39-43-70(44-40-68)54-29-25-50(2)26-30-54)48-78-62-22-10-20-60-58(62)32-34-64(74)72(60)36-12-18-52-15-7-4-8-16-52/h3-10,13-16,19-30,55-56H,11-12,17-18,31-48H2,1-2H3. The zero-order valence-corrected chi connectivity index (χ0v) is 46.5. The lowest BCUT2D eigenvalue weighted by Gasteiger charge is -2.37. The van der Waals surface area contributed by atoms with Crippen LogP contribution in [0.2, 0.25) is 0 Å². The fourth-order valence-corrected chi connectivity index (χ4v) is 11.5. The number of ether oxygens (including phenoxy) is 4. The predicted octanol–water partition coefficient (Wildman–Crippen LogP) is 9.05. The quantitative estimate of drug-likeness (QED) is 0.0476. The van der Waals surface area contributed by atoms with E-state index in [0.717, 1.165) is 85.7 Å². The van der Waals surface area contributed by atoms with Gasteiger partial charge in [0.25, 0.3) is 0 Å². The molecule has 10 rings (SSSR count). The summed E-state index contributed by atoms with van der Waals surface area (Å²) >= 11 is 0. The number of carbonyl (C=O) groups excluding carboxylic acids is 4. The zero-order chi connectivity index (χ0) is 55.2. The number of hydrogen-bond donors (Lipinski definition) is 0. The lowest BCUT2D eigenvalue weighted by Crippen LogP contribution is -2.51. The van der Waals surface area contributed by atoms with Gasteiger partial charge in [0.2, 0.25) is 11.8 Å². The minimum absolute atomic E-state index is 0.0156. The third-order valence-corrected chi connectivity index (χ3v) is 16.0. The number of hydrogen-bond acceptors (Lipinski definition) is 12. The summed E-state index contributed by atoms with van der Waals surface area (Å²) < 4.78 is 25.5. The third-order valence-electron chi connectivity index (χ3n) is 16.0. The first-order chi connectivity index (χ1) is 39.1. The van der Waals surface area contributed by atoms with E-state index in [2.05, 4.69) is 106 Å². The number of amides is 2. The molecule has 14 nitrogen and oxygen atoms in total. The maximum absolute atomic E-state index is 14.2. The van der Waals surface area contributed by atoms with E-state index in [-0.39, 0.29) is 25.0 Å². The minimum Gasteiger partial charge on any atom is -0.489 e. The van der Waals surface area contributed by atoms with Gasteiger partial charge in [-0.1, -0.05) is 108 Å². The van der Waals surface area contributed by atoms with Gasteiger partial charge in [-0.25, -0.2) is 9.59 Å². The minimum atomic E-state index is -1.10. The topological polar surface area (TPSA) is 125 Å². The van der Waals surface area contributed by atoms with Crippen LogP contribution in [-0.2, 0) is 54.3 Å². The molecular formula is C66H76N6O8.